The van der Waals surface area contributed by atoms with Crippen LogP contribution in [0.15, 0.2) is 84.9 Å². The summed E-state index contributed by atoms with van der Waals surface area (Å²) in [4.78, 5) is 45.2. The molecule has 0 aromatic heterocycles. The van der Waals surface area contributed by atoms with Crippen molar-refractivity contribution in [1.29, 1.82) is 0 Å². The maximum absolute atomic E-state index is 13.9. The third-order valence-electron chi connectivity index (χ3n) is 9.64. The highest BCUT2D eigenvalue weighted by Gasteiger charge is 2.30. The number of ether oxygens (including phenoxy) is 1. The Labute approximate surface area is 298 Å². The molecule has 3 unspecified atom stereocenters. The molecule has 0 aliphatic carbocycles. The van der Waals surface area contributed by atoms with Crippen LogP contribution in [0.25, 0.3) is 0 Å². The lowest BCUT2D eigenvalue weighted by atomic mass is 10.0. The van der Waals surface area contributed by atoms with E-state index in [1.54, 1.807) is 0 Å². The number of rotatable bonds is 15. The predicted octanol–water partition coefficient (Wildman–Crippen LogP) is 5.93. The second-order valence-corrected chi connectivity index (χ2v) is 14.3. The van der Waals surface area contributed by atoms with Crippen molar-refractivity contribution in [1.82, 2.24) is 25.8 Å². The average molecular weight is 682 g/mol. The smallest absolute Gasteiger partial charge is 0.318 e. The van der Waals surface area contributed by atoms with Gasteiger partial charge in [-0.1, -0.05) is 99.5 Å². The normalized spacial score (nSPS) is 17.8. The predicted molar refractivity (Wildman–Crippen MR) is 198 cm³/mol. The third kappa shape index (κ3) is 11.9. The van der Waals surface area contributed by atoms with Crippen LogP contribution < -0.4 is 20.7 Å². The number of carbonyl (C=O) groups excluding carboxylic acids is 3. The largest absolute Gasteiger partial charge is 0.489 e. The highest BCUT2D eigenvalue weighted by Crippen LogP contribution is 2.19. The molecule has 0 radical (unpaired) electrons. The molecule has 9 nitrogen and oxygen atoms in total. The molecule has 3 aromatic rings. The fourth-order valence-electron chi connectivity index (χ4n) is 6.83. The Bertz CT molecular complexity index is 1480. The van der Waals surface area contributed by atoms with Crippen molar-refractivity contribution in [3.8, 4) is 5.75 Å². The molecule has 268 valence electrons. The summed E-state index contributed by atoms with van der Waals surface area (Å²) in [5.41, 5.74) is 3.28. The third-order valence-corrected chi connectivity index (χ3v) is 9.64. The second kappa shape index (κ2) is 19.1. The number of urea groups is 1. The lowest BCUT2D eigenvalue weighted by Crippen LogP contribution is -2.56. The zero-order chi connectivity index (χ0) is 35.1. The summed E-state index contributed by atoms with van der Waals surface area (Å²) in [6.07, 6.45) is 5.97. The molecule has 3 N–H and O–H groups in total. The van der Waals surface area contributed by atoms with Crippen molar-refractivity contribution in [2.75, 3.05) is 32.7 Å². The number of carbonyl (C=O) groups is 3. The van der Waals surface area contributed by atoms with Gasteiger partial charge in [-0.15, -0.1) is 0 Å². The van der Waals surface area contributed by atoms with Crippen LogP contribution in [-0.4, -0.2) is 72.5 Å². The molecule has 2 saturated heterocycles. The Balaban J connectivity index is 1.23. The first-order chi connectivity index (χ1) is 24.3. The van der Waals surface area contributed by atoms with E-state index in [9.17, 15) is 14.4 Å². The van der Waals surface area contributed by atoms with Gasteiger partial charge in [-0.25, -0.2) is 4.79 Å². The molecule has 2 fully saturated rings. The van der Waals surface area contributed by atoms with Crippen molar-refractivity contribution >= 4 is 17.8 Å². The Morgan fingerprint density at radius 2 is 1.40 bits per heavy atom. The summed E-state index contributed by atoms with van der Waals surface area (Å²) >= 11 is 0. The van der Waals surface area contributed by atoms with Gasteiger partial charge >= 0.3 is 6.03 Å². The summed E-state index contributed by atoms with van der Waals surface area (Å²) in [7, 11) is 0. The van der Waals surface area contributed by atoms with Crippen molar-refractivity contribution in [2.45, 2.75) is 84.0 Å². The number of benzene rings is 3. The maximum atomic E-state index is 13.9. The Morgan fingerprint density at radius 3 is 2.06 bits per heavy atom. The Hall–Kier alpha value is -4.37. The molecule has 3 aromatic carbocycles. The molecule has 2 aliphatic rings. The Kier molecular flexibility index (Phi) is 14.1. The quantitative estimate of drug-likeness (QED) is 0.185. The first-order valence-electron chi connectivity index (χ1n) is 18.5. The van der Waals surface area contributed by atoms with Gasteiger partial charge in [0, 0.05) is 39.1 Å². The van der Waals surface area contributed by atoms with Gasteiger partial charge in [0.15, 0.2) is 0 Å². The van der Waals surface area contributed by atoms with Crippen LogP contribution in [0.2, 0.25) is 0 Å². The molecular weight excluding hydrogens is 626 g/mol. The molecular formula is C41H55N5O4. The minimum Gasteiger partial charge on any atom is -0.489 e. The summed E-state index contributed by atoms with van der Waals surface area (Å²) < 4.78 is 5.97. The van der Waals surface area contributed by atoms with E-state index in [4.69, 9.17) is 4.74 Å². The van der Waals surface area contributed by atoms with Crippen LogP contribution >= 0.6 is 0 Å². The van der Waals surface area contributed by atoms with Crippen molar-refractivity contribution in [3.63, 3.8) is 0 Å². The van der Waals surface area contributed by atoms with Gasteiger partial charge in [0.2, 0.25) is 11.8 Å². The van der Waals surface area contributed by atoms with E-state index >= 15 is 0 Å². The fourth-order valence-corrected chi connectivity index (χ4v) is 6.83. The molecule has 5 rings (SSSR count). The lowest BCUT2D eigenvalue weighted by molar-refractivity contribution is -0.130. The van der Waals surface area contributed by atoms with Crippen LogP contribution in [-0.2, 0) is 29.2 Å². The van der Waals surface area contributed by atoms with Gasteiger partial charge in [-0.05, 0) is 72.9 Å². The van der Waals surface area contributed by atoms with E-state index in [0.29, 0.717) is 45.0 Å². The molecule has 3 atom stereocenters. The number of hydrogen-bond donors (Lipinski definition) is 3. The second-order valence-electron chi connectivity index (χ2n) is 14.3. The molecule has 0 spiro atoms. The van der Waals surface area contributed by atoms with Crippen molar-refractivity contribution in [3.05, 3.63) is 102 Å². The molecule has 50 heavy (non-hydrogen) atoms. The van der Waals surface area contributed by atoms with E-state index in [2.05, 4.69) is 45.1 Å². The number of amides is 4. The summed E-state index contributed by atoms with van der Waals surface area (Å²) in [5.74, 6) is 0.692. The number of likely N-dealkylation sites (tertiary alicyclic amines) is 2. The molecule has 9 heteroatoms. The van der Waals surface area contributed by atoms with Crippen molar-refractivity contribution < 1.29 is 19.1 Å². The highest BCUT2D eigenvalue weighted by atomic mass is 16.5. The SMILES string of the molecule is CC(C)CC(NC(=O)N1CCCCCC1)C(=O)NC(Cc1ccc(OCc2ccccc2)cc1)C(=O)NCC1CCN(Cc2ccccc2)C1. The van der Waals surface area contributed by atoms with E-state index in [-0.39, 0.29) is 23.8 Å². The van der Waals surface area contributed by atoms with Gasteiger partial charge in [-0.2, -0.15) is 0 Å². The van der Waals surface area contributed by atoms with Gasteiger partial charge < -0.3 is 25.6 Å². The zero-order valence-corrected chi connectivity index (χ0v) is 29.8. The number of nitrogens with one attached hydrogen (secondary N) is 3. The minimum atomic E-state index is -0.801. The first-order valence-corrected chi connectivity index (χ1v) is 18.5. The fraction of sp³-hybridized carbons (Fsp3) is 0.488. The number of nitrogens with zero attached hydrogens (tertiary/aromatic N) is 2. The van der Waals surface area contributed by atoms with E-state index in [0.717, 1.165) is 68.6 Å². The van der Waals surface area contributed by atoms with Crippen LogP contribution in [0, 0.1) is 11.8 Å². The molecule has 0 saturated carbocycles. The molecule has 4 amide bonds. The van der Waals surface area contributed by atoms with Gasteiger partial charge in [0.05, 0.1) is 0 Å². The number of hydrogen-bond acceptors (Lipinski definition) is 5. The van der Waals surface area contributed by atoms with Crippen LogP contribution in [0.4, 0.5) is 4.79 Å². The zero-order valence-electron chi connectivity index (χ0n) is 29.8. The van der Waals surface area contributed by atoms with Crippen LogP contribution in [0.1, 0.15) is 69.1 Å². The standard InChI is InChI=1S/C41H55N5O4/c1-31(2)25-37(44-41(49)46-22-11-3-4-12-23-46)40(48)43-38(26-32-17-19-36(20-18-32)50-30-34-15-9-6-10-16-34)39(47)42-27-35-21-24-45(29-35)28-33-13-7-5-8-14-33/h5-10,13-20,31,35,37-38H,3-4,11-12,21-30H2,1-2H3,(H,42,47)(H,43,48)(H,44,49). The van der Waals surface area contributed by atoms with Crippen LogP contribution in [0.3, 0.4) is 0 Å². The monoisotopic (exact) mass is 681 g/mol. The average Bonchev–Trinajstić information content (AvgIpc) is 3.38. The summed E-state index contributed by atoms with van der Waals surface area (Å²) in [6.45, 7) is 9.27. The molecule has 2 heterocycles. The Morgan fingerprint density at radius 1 is 0.740 bits per heavy atom. The van der Waals surface area contributed by atoms with E-state index in [1.165, 1.54) is 5.56 Å². The van der Waals surface area contributed by atoms with E-state index < -0.39 is 12.1 Å². The first kappa shape index (κ1) is 36.9. The topological polar surface area (TPSA) is 103 Å². The maximum Gasteiger partial charge on any atom is 0.318 e. The minimum absolute atomic E-state index is 0.173. The summed E-state index contributed by atoms with van der Waals surface area (Å²) in [5, 5.41) is 9.22. The van der Waals surface area contributed by atoms with Gasteiger partial charge in [-0.3, -0.25) is 14.5 Å². The molecule has 2 aliphatic heterocycles. The van der Waals surface area contributed by atoms with E-state index in [1.807, 2.05) is 79.4 Å². The molecule has 0 bridgehead atoms. The van der Waals surface area contributed by atoms with Crippen LogP contribution in [0.5, 0.6) is 5.75 Å². The van der Waals surface area contributed by atoms with Gasteiger partial charge in [0.1, 0.15) is 24.4 Å². The summed E-state index contributed by atoms with van der Waals surface area (Å²) in [6, 6.07) is 26.4. The van der Waals surface area contributed by atoms with Crippen molar-refractivity contribution in [2.24, 2.45) is 11.8 Å². The lowest BCUT2D eigenvalue weighted by Gasteiger charge is -2.27. The van der Waals surface area contributed by atoms with Gasteiger partial charge in [0.25, 0.3) is 0 Å². The highest BCUT2D eigenvalue weighted by molar-refractivity contribution is 5.92.